The highest BCUT2D eigenvalue weighted by molar-refractivity contribution is 5.85. The average Bonchev–Trinajstić information content (AvgIpc) is 2.69. The summed E-state index contributed by atoms with van der Waals surface area (Å²) in [5, 5.41) is 2.02. The second-order valence-electron chi connectivity index (χ2n) is 3.04. The minimum atomic E-state index is 0. The Kier molecular flexibility index (Phi) is 4.43. The van der Waals surface area contributed by atoms with Gasteiger partial charge in [-0.25, -0.2) is 5.43 Å². The molecule has 0 bridgehead atoms. The van der Waals surface area contributed by atoms with Crippen molar-refractivity contribution in [3.63, 3.8) is 0 Å². The van der Waals surface area contributed by atoms with Gasteiger partial charge in [0.1, 0.15) is 0 Å². The van der Waals surface area contributed by atoms with Crippen molar-refractivity contribution >= 4 is 18.7 Å². The van der Waals surface area contributed by atoms with E-state index in [4.69, 9.17) is 0 Å². The quantitative estimate of drug-likeness (QED) is 0.820. The van der Waals surface area contributed by atoms with Crippen LogP contribution in [0.4, 0.5) is 0 Å². The molecule has 76 valence electrons. The minimum Gasteiger partial charge on any atom is -0.296 e. The molecule has 0 unspecified atom stereocenters. The summed E-state index contributed by atoms with van der Waals surface area (Å²) in [6.45, 7) is 2.75. The van der Waals surface area contributed by atoms with Crippen molar-refractivity contribution in [2.24, 2.45) is 4.99 Å². The molecule has 0 saturated carbocycles. The number of nitrogens with one attached hydrogen (secondary N) is 1. The molecule has 0 amide bonds. The fourth-order valence-corrected chi connectivity index (χ4v) is 1.29. The highest BCUT2D eigenvalue weighted by atomic mass is 35.5. The van der Waals surface area contributed by atoms with Gasteiger partial charge in [0, 0.05) is 6.54 Å². The Hall–Kier alpha value is -1.06. The molecular weight excluding hydrogens is 198 g/mol. The fourth-order valence-electron chi connectivity index (χ4n) is 1.29. The molecular formula is C10H14ClN3. The van der Waals surface area contributed by atoms with E-state index in [9.17, 15) is 0 Å². The number of hydrogen-bond acceptors (Lipinski definition) is 3. The number of hydrogen-bond donors (Lipinski definition) is 1. The number of hydrazine groups is 1. The molecule has 1 aliphatic heterocycles. The molecule has 2 rings (SSSR count). The number of halogens is 1. The van der Waals surface area contributed by atoms with E-state index in [-0.39, 0.29) is 12.4 Å². The Morgan fingerprint density at radius 3 is 2.71 bits per heavy atom. The molecule has 1 aliphatic rings. The van der Waals surface area contributed by atoms with E-state index in [2.05, 4.69) is 34.7 Å². The molecule has 14 heavy (non-hydrogen) atoms. The van der Waals surface area contributed by atoms with Crippen LogP contribution >= 0.6 is 12.4 Å². The van der Waals surface area contributed by atoms with Crippen molar-refractivity contribution < 1.29 is 0 Å². The van der Waals surface area contributed by atoms with Crippen molar-refractivity contribution in [2.75, 3.05) is 13.1 Å². The van der Waals surface area contributed by atoms with Gasteiger partial charge < -0.3 is 0 Å². The minimum absolute atomic E-state index is 0. The summed E-state index contributed by atoms with van der Waals surface area (Å²) in [4.78, 5) is 4.12. The fraction of sp³-hybridized carbons (Fsp3) is 0.300. The van der Waals surface area contributed by atoms with E-state index < -0.39 is 0 Å². The van der Waals surface area contributed by atoms with Crippen LogP contribution in [0, 0.1) is 0 Å². The molecule has 0 atom stereocenters. The smallest absolute Gasteiger partial charge is 0.0993 e. The van der Waals surface area contributed by atoms with Crippen molar-refractivity contribution in [3.05, 3.63) is 35.9 Å². The zero-order valence-corrected chi connectivity index (χ0v) is 8.70. The Morgan fingerprint density at radius 2 is 2.07 bits per heavy atom. The zero-order valence-electron chi connectivity index (χ0n) is 7.89. The Bertz CT molecular complexity index is 287. The predicted molar refractivity (Wildman–Crippen MR) is 60.6 cm³/mol. The Balaban J connectivity index is 0.000000980. The summed E-state index contributed by atoms with van der Waals surface area (Å²) in [5.74, 6) is 0. The van der Waals surface area contributed by atoms with Gasteiger partial charge in [-0.2, -0.15) is 0 Å². The zero-order chi connectivity index (χ0) is 8.93. The number of nitrogens with zero attached hydrogens (tertiary/aromatic N) is 2. The third-order valence-electron chi connectivity index (χ3n) is 2.02. The van der Waals surface area contributed by atoms with E-state index in [1.807, 2.05) is 17.4 Å². The first kappa shape index (κ1) is 11.0. The molecule has 0 fully saturated rings. The summed E-state index contributed by atoms with van der Waals surface area (Å²) >= 11 is 0. The van der Waals surface area contributed by atoms with Gasteiger partial charge in [-0.1, -0.05) is 30.3 Å². The maximum absolute atomic E-state index is 4.12. The van der Waals surface area contributed by atoms with Crippen molar-refractivity contribution in [2.45, 2.75) is 6.54 Å². The van der Waals surface area contributed by atoms with Crippen LogP contribution < -0.4 is 5.43 Å². The van der Waals surface area contributed by atoms with Gasteiger partial charge in [0.2, 0.25) is 0 Å². The van der Waals surface area contributed by atoms with Crippen LogP contribution in [-0.2, 0) is 6.54 Å². The molecule has 3 nitrogen and oxygen atoms in total. The summed E-state index contributed by atoms with van der Waals surface area (Å²) in [6.07, 6.45) is 1.85. The van der Waals surface area contributed by atoms with Gasteiger partial charge in [-0.15, -0.1) is 12.4 Å². The number of benzene rings is 1. The molecule has 0 aromatic heterocycles. The lowest BCUT2D eigenvalue weighted by molar-refractivity contribution is 0.338. The molecule has 1 heterocycles. The lowest BCUT2D eigenvalue weighted by Crippen LogP contribution is -2.34. The first-order valence-electron chi connectivity index (χ1n) is 4.49. The van der Waals surface area contributed by atoms with Crippen LogP contribution in [0.5, 0.6) is 0 Å². The largest absolute Gasteiger partial charge is 0.296 e. The van der Waals surface area contributed by atoms with E-state index in [0.717, 1.165) is 19.6 Å². The third-order valence-corrected chi connectivity index (χ3v) is 2.02. The molecule has 0 saturated heterocycles. The van der Waals surface area contributed by atoms with E-state index >= 15 is 0 Å². The van der Waals surface area contributed by atoms with Gasteiger partial charge in [0.25, 0.3) is 0 Å². The van der Waals surface area contributed by atoms with E-state index in [1.54, 1.807) is 0 Å². The highest BCUT2D eigenvalue weighted by Crippen LogP contribution is 1.98. The molecule has 0 spiro atoms. The molecule has 1 aromatic carbocycles. The standard InChI is InChI=1S/C10H13N3.ClH/c1-2-4-10(5-3-1)8-12-13-7-6-11-9-13;/h1-5,9,12H,6-8H2;1H. The second kappa shape index (κ2) is 5.62. The monoisotopic (exact) mass is 211 g/mol. The van der Waals surface area contributed by atoms with Crippen LogP contribution in [0.1, 0.15) is 5.56 Å². The van der Waals surface area contributed by atoms with Gasteiger partial charge in [-0.05, 0) is 5.56 Å². The van der Waals surface area contributed by atoms with Crippen LogP contribution in [0.15, 0.2) is 35.3 Å². The summed E-state index contributed by atoms with van der Waals surface area (Å²) < 4.78 is 0. The lowest BCUT2D eigenvalue weighted by atomic mass is 10.2. The van der Waals surface area contributed by atoms with E-state index in [1.165, 1.54) is 5.56 Å². The maximum Gasteiger partial charge on any atom is 0.0993 e. The first-order valence-corrected chi connectivity index (χ1v) is 4.49. The van der Waals surface area contributed by atoms with Gasteiger partial charge in [0.05, 0.1) is 19.4 Å². The van der Waals surface area contributed by atoms with Crippen LogP contribution in [0.2, 0.25) is 0 Å². The Labute approximate surface area is 90.2 Å². The molecule has 1 aromatic rings. The normalized spacial score (nSPS) is 14.1. The average molecular weight is 212 g/mol. The Morgan fingerprint density at radius 1 is 1.29 bits per heavy atom. The second-order valence-corrected chi connectivity index (χ2v) is 3.04. The summed E-state index contributed by atoms with van der Waals surface area (Å²) in [5.41, 5.74) is 4.58. The van der Waals surface area contributed by atoms with Crippen LogP contribution in [0.25, 0.3) is 0 Å². The SMILES string of the molecule is C1=NCCN1NCc1ccccc1.Cl. The van der Waals surface area contributed by atoms with Crippen LogP contribution in [-0.4, -0.2) is 24.4 Å². The van der Waals surface area contributed by atoms with E-state index in [0.29, 0.717) is 0 Å². The van der Waals surface area contributed by atoms with Crippen LogP contribution in [0.3, 0.4) is 0 Å². The molecule has 0 radical (unpaired) electrons. The summed E-state index contributed by atoms with van der Waals surface area (Å²) in [7, 11) is 0. The number of aliphatic imine (C=N–C) groups is 1. The third kappa shape index (κ3) is 3.01. The lowest BCUT2D eigenvalue weighted by Gasteiger charge is -2.14. The van der Waals surface area contributed by atoms with Gasteiger partial charge in [0.15, 0.2) is 0 Å². The number of rotatable bonds is 3. The predicted octanol–water partition coefficient (Wildman–Crippen LogP) is 1.46. The van der Waals surface area contributed by atoms with Crippen molar-refractivity contribution in [1.29, 1.82) is 0 Å². The van der Waals surface area contributed by atoms with Crippen molar-refractivity contribution in [3.8, 4) is 0 Å². The topological polar surface area (TPSA) is 27.6 Å². The molecule has 0 aliphatic carbocycles. The van der Waals surface area contributed by atoms with Gasteiger partial charge >= 0.3 is 0 Å². The highest BCUT2D eigenvalue weighted by Gasteiger charge is 2.03. The maximum atomic E-state index is 4.12. The molecule has 4 heteroatoms. The summed E-state index contributed by atoms with van der Waals surface area (Å²) in [6, 6.07) is 10.4. The van der Waals surface area contributed by atoms with Gasteiger partial charge in [-0.3, -0.25) is 10.0 Å². The van der Waals surface area contributed by atoms with Crippen molar-refractivity contribution in [1.82, 2.24) is 10.4 Å². The molecule has 1 N–H and O–H groups in total. The first-order chi connectivity index (χ1) is 6.45.